The molecule has 1 N–H and O–H groups in total. The summed E-state index contributed by atoms with van der Waals surface area (Å²) in [5.74, 6) is 0. The molecule has 6 nitrogen and oxygen atoms in total. The fraction of sp³-hybridized carbons (Fsp3) is 0.333. The maximum absolute atomic E-state index is 12.4. The molecule has 132 valence electrons. The number of nitrogens with one attached hydrogen (secondary N) is 1. The summed E-state index contributed by atoms with van der Waals surface area (Å²) >= 11 is 1.18. The highest BCUT2D eigenvalue weighted by Gasteiger charge is 2.22. The summed E-state index contributed by atoms with van der Waals surface area (Å²) in [6.45, 7) is 6.13. The third kappa shape index (κ3) is 3.97. The zero-order chi connectivity index (χ0) is 18.0. The topological polar surface area (TPSA) is 83.6 Å². The van der Waals surface area contributed by atoms with E-state index in [2.05, 4.69) is 4.72 Å². The summed E-state index contributed by atoms with van der Waals surface area (Å²) in [5.41, 5.74) is 0.319. The molecule has 2 rings (SSSR count). The van der Waals surface area contributed by atoms with Gasteiger partial charge < -0.3 is 0 Å². The number of hydrogen-bond acceptors (Lipinski definition) is 5. The van der Waals surface area contributed by atoms with Crippen molar-refractivity contribution in [1.82, 2.24) is 4.31 Å². The predicted molar refractivity (Wildman–Crippen MR) is 96.4 cm³/mol. The summed E-state index contributed by atoms with van der Waals surface area (Å²) in [5, 5.41) is 0. The molecule has 0 aliphatic heterocycles. The molecule has 9 heteroatoms. The summed E-state index contributed by atoms with van der Waals surface area (Å²) < 4.78 is 53.4. The van der Waals surface area contributed by atoms with Crippen LogP contribution in [0.3, 0.4) is 0 Å². The third-order valence-corrected chi connectivity index (χ3v) is 8.37. The quantitative estimate of drug-likeness (QED) is 0.790. The Morgan fingerprint density at radius 3 is 2.00 bits per heavy atom. The third-order valence-electron chi connectivity index (χ3n) is 3.43. The number of sulfonamides is 2. The van der Waals surface area contributed by atoms with Crippen molar-refractivity contribution in [3.63, 3.8) is 0 Å². The smallest absolute Gasteiger partial charge is 0.271 e. The molecule has 24 heavy (non-hydrogen) atoms. The number of hydrogen-bond donors (Lipinski definition) is 1. The van der Waals surface area contributed by atoms with Gasteiger partial charge in [0.2, 0.25) is 10.0 Å². The van der Waals surface area contributed by atoms with E-state index in [9.17, 15) is 16.8 Å². The van der Waals surface area contributed by atoms with Gasteiger partial charge in [0.15, 0.2) is 0 Å². The van der Waals surface area contributed by atoms with Gasteiger partial charge in [-0.05, 0) is 43.3 Å². The van der Waals surface area contributed by atoms with Gasteiger partial charge in [0.1, 0.15) is 4.21 Å². The first-order valence-corrected chi connectivity index (χ1v) is 11.1. The van der Waals surface area contributed by atoms with E-state index in [1.807, 2.05) is 6.92 Å². The van der Waals surface area contributed by atoms with E-state index in [1.165, 1.54) is 39.9 Å². The molecule has 0 bridgehead atoms. The summed E-state index contributed by atoms with van der Waals surface area (Å²) in [6.07, 6.45) is 0. The van der Waals surface area contributed by atoms with Gasteiger partial charge in [-0.2, -0.15) is 4.31 Å². The Kier molecular flexibility index (Phi) is 5.69. The molecule has 1 aromatic heterocycles. The SMILES string of the molecule is CCN(CC)S(=O)(=O)c1ccc(NS(=O)(=O)c2ccc(C)s2)cc1. The van der Waals surface area contributed by atoms with E-state index in [0.29, 0.717) is 18.8 Å². The standard InChI is InChI=1S/C15H20N2O4S3/c1-4-17(5-2)24(20,21)14-9-7-13(8-10-14)16-23(18,19)15-11-6-12(3)22-15/h6-11,16H,4-5H2,1-3H3. The highest BCUT2D eigenvalue weighted by Crippen LogP contribution is 2.24. The number of anilines is 1. The van der Waals surface area contributed by atoms with Gasteiger partial charge in [-0.25, -0.2) is 16.8 Å². The Hall–Kier alpha value is -1.42. The number of benzene rings is 1. The molecule has 0 saturated carbocycles. The first-order valence-electron chi connectivity index (χ1n) is 7.40. The molecule has 0 saturated heterocycles. The average Bonchev–Trinajstić information content (AvgIpc) is 2.96. The molecule has 0 aliphatic rings. The van der Waals surface area contributed by atoms with Crippen LogP contribution in [0.4, 0.5) is 5.69 Å². The van der Waals surface area contributed by atoms with Crippen LogP contribution >= 0.6 is 11.3 Å². The lowest BCUT2D eigenvalue weighted by Gasteiger charge is -2.18. The molecule has 0 aliphatic carbocycles. The average molecular weight is 389 g/mol. The van der Waals surface area contributed by atoms with Gasteiger partial charge >= 0.3 is 0 Å². The molecule has 0 atom stereocenters. The van der Waals surface area contributed by atoms with E-state index in [0.717, 1.165) is 4.88 Å². The zero-order valence-corrected chi connectivity index (χ0v) is 16.1. The highest BCUT2D eigenvalue weighted by atomic mass is 32.2. The minimum Gasteiger partial charge on any atom is -0.279 e. The van der Waals surface area contributed by atoms with Crippen LogP contribution in [-0.2, 0) is 20.0 Å². The Balaban J connectivity index is 2.24. The maximum atomic E-state index is 12.4. The Morgan fingerprint density at radius 2 is 1.54 bits per heavy atom. The van der Waals surface area contributed by atoms with E-state index >= 15 is 0 Å². The number of nitrogens with zero attached hydrogens (tertiary/aromatic N) is 1. The molecule has 1 heterocycles. The zero-order valence-electron chi connectivity index (χ0n) is 13.7. The minimum atomic E-state index is -3.66. The second-order valence-corrected chi connectivity index (χ2v) is 10.2. The van der Waals surface area contributed by atoms with Gasteiger partial charge in [0, 0.05) is 23.7 Å². The van der Waals surface area contributed by atoms with Crippen LogP contribution in [-0.4, -0.2) is 34.2 Å². The lowest BCUT2D eigenvalue weighted by Crippen LogP contribution is -2.30. The van der Waals surface area contributed by atoms with E-state index in [1.54, 1.807) is 26.0 Å². The first-order chi connectivity index (χ1) is 11.2. The van der Waals surface area contributed by atoms with Crippen LogP contribution in [0.15, 0.2) is 45.5 Å². The van der Waals surface area contributed by atoms with Crippen molar-refractivity contribution in [1.29, 1.82) is 0 Å². The van der Waals surface area contributed by atoms with Crippen LogP contribution in [0.25, 0.3) is 0 Å². The van der Waals surface area contributed by atoms with Crippen LogP contribution in [0.2, 0.25) is 0 Å². The largest absolute Gasteiger partial charge is 0.279 e. The van der Waals surface area contributed by atoms with Crippen molar-refractivity contribution in [2.24, 2.45) is 0 Å². The Bertz CT molecular complexity index is 896. The summed E-state index contributed by atoms with van der Waals surface area (Å²) in [7, 11) is -7.21. The normalized spacial score (nSPS) is 12.5. The van der Waals surface area contributed by atoms with Crippen molar-refractivity contribution in [2.45, 2.75) is 29.9 Å². The molecular formula is C15H20N2O4S3. The molecule has 0 amide bonds. The second-order valence-electron chi connectivity index (χ2n) is 5.08. The fourth-order valence-corrected chi connectivity index (χ4v) is 5.97. The van der Waals surface area contributed by atoms with Gasteiger partial charge in [-0.3, -0.25) is 4.72 Å². The van der Waals surface area contributed by atoms with Gasteiger partial charge in [-0.1, -0.05) is 13.8 Å². The van der Waals surface area contributed by atoms with Crippen molar-refractivity contribution in [3.05, 3.63) is 41.3 Å². The fourth-order valence-electron chi connectivity index (χ4n) is 2.17. The summed E-state index contributed by atoms with van der Waals surface area (Å²) in [4.78, 5) is 1.04. The van der Waals surface area contributed by atoms with E-state index in [-0.39, 0.29) is 9.10 Å². The van der Waals surface area contributed by atoms with Gasteiger partial charge in [0.05, 0.1) is 4.90 Å². The van der Waals surface area contributed by atoms with E-state index in [4.69, 9.17) is 0 Å². The molecular weight excluding hydrogens is 368 g/mol. The Morgan fingerprint density at radius 1 is 0.958 bits per heavy atom. The van der Waals surface area contributed by atoms with Crippen LogP contribution < -0.4 is 4.72 Å². The molecule has 1 aromatic carbocycles. The van der Waals surface area contributed by atoms with Gasteiger partial charge in [-0.15, -0.1) is 11.3 Å². The number of aryl methyl sites for hydroxylation is 1. The van der Waals surface area contributed by atoms with Crippen LogP contribution in [0, 0.1) is 6.92 Å². The molecule has 0 spiro atoms. The molecule has 2 aromatic rings. The molecule has 0 radical (unpaired) electrons. The van der Waals surface area contributed by atoms with Crippen molar-refractivity contribution in [3.8, 4) is 0 Å². The van der Waals surface area contributed by atoms with Crippen molar-refractivity contribution < 1.29 is 16.8 Å². The Labute approximate surface area is 147 Å². The van der Waals surface area contributed by atoms with E-state index < -0.39 is 20.0 Å². The second kappa shape index (κ2) is 7.22. The number of rotatable bonds is 7. The van der Waals surface area contributed by atoms with Crippen molar-refractivity contribution in [2.75, 3.05) is 17.8 Å². The lowest BCUT2D eigenvalue weighted by atomic mass is 10.3. The van der Waals surface area contributed by atoms with Crippen LogP contribution in [0.1, 0.15) is 18.7 Å². The first kappa shape index (κ1) is 18.9. The predicted octanol–water partition coefficient (Wildman–Crippen LogP) is 2.89. The monoisotopic (exact) mass is 388 g/mol. The van der Waals surface area contributed by atoms with Crippen LogP contribution in [0.5, 0.6) is 0 Å². The number of thiophene rings is 1. The molecule has 0 fully saturated rings. The van der Waals surface area contributed by atoms with Crippen molar-refractivity contribution >= 4 is 37.1 Å². The summed E-state index contributed by atoms with van der Waals surface area (Å²) in [6, 6.07) is 9.00. The highest BCUT2D eigenvalue weighted by molar-refractivity contribution is 7.94. The molecule has 0 unspecified atom stereocenters. The lowest BCUT2D eigenvalue weighted by molar-refractivity contribution is 0.445. The minimum absolute atomic E-state index is 0.140. The maximum Gasteiger partial charge on any atom is 0.271 e. The van der Waals surface area contributed by atoms with Gasteiger partial charge in [0.25, 0.3) is 10.0 Å².